The Hall–Kier alpha value is -2.66. The van der Waals surface area contributed by atoms with E-state index in [0.717, 1.165) is 5.56 Å². The van der Waals surface area contributed by atoms with E-state index in [-0.39, 0.29) is 17.9 Å². The zero-order chi connectivity index (χ0) is 16.4. The Morgan fingerprint density at radius 1 is 1.30 bits per heavy atom. The quantitative estimate of drug-likeness (QED) is 0.804. The van der Waals surface area contributed by atoms with Crippen LogP contribution < -0.4 is 10.7 Å². The highest BCUT2D eigenvalue weighted by molar-refractivity contribution is 6.31. The van der Waals surface area contributed by atoms with E-state index in [1.807, 2.05) is 19.1 Å². The Labute approximate surface area is 137 Å². The maximum absolute atomic E-state index is 12.3. The fraction of sp³-hybridized carbons (Fsp3) is 0.118. The van der Waals surface area contributed by atoms with Crippen LogP contribution in [0, 0.1) is 6.92 Å². The normalized spacial score (nSPS) is 10.7. The van der Waals surface area contributed by atoms with Crippen molar-refractivity contribution in [1.82, 2.24) is 9.55 Å². The number of anilines is 1. The minimum absolute atomic E-state index is 0.0778. The summed E-state index contributed by atoms with van der Waals surface area (Å²) >= 11 is 5.94. The van der Waals surface area contributed by atoms with Gasteiger partial charge in [0.2, 0.25) is 5.91 Å². The van der Waals surface area contributed by atoms with Gasteiger partial charge in [-0.2, -0.15) is 0 Å². The lowest BCUT2D eigenvalue weighted by Gasteiger charge is -2.11. The highest BCUT2D eigenvalue weighted by atomic mass is 35.5. The van der Waals surface area contributed by atoms with Crippen LogP contribution in [0.1, 0.15) is 5.56 Å². The summed E-state index contributed by atoms with van der Waals surface area (Å²) in [6, 6.07) is 10.1. The molecule has 0 saturated carbocycles. The lowest BCUT2D eigenvalue weighted by Crippen LogP contribution is -2.21. The van der Waals surface area contributed by atoms with Crippen molar-refractivity contribution in [2.24, 2.45) is 0 Å². The third kappa shape index (κ3) is 3.24. The number of carbonyl (C=O) groups excluding carboxylic acids is 1. The van der Waals surface area contributed by atoms with E-state index in [4.69, 9.17) is 11.6 Å². The van der Waals surface area contributed by atoms with Crippen LogP contribution in [-0.2, 0) is 11.3 Å². The second kappa shape index (κ2) is 6.22. The van der Waals surface area contributed by atoms with E-state index in [1.54, 1.807) is 35.2 Å². The number of hydrogen-bond acceptors (Lipinski definition) is 3. The fourth-order valence-electron chi connectivity index (χ4n) is 2.36. The van der Waals surface area contributed by atoms with E-state index in [0.29, 0.717) is 21.7 Å². The number of pyridine rings is 2. The molecule has 0 aliphatic carbocycles. The minimum atomic E-state index is -0.216. The van der Waals surface area contributed by atoms with E-state index in [2.05, 4.69) is 10.3 Å². The number of nitrogens with one attached hydrogen (secondary N) is 1. The number of nitrogens with zero attached hydrogens (tertiary/aromatic N) is 2. The van der Waals surface area contributed by atoms with Gasteiger partial charge in [-0.1, -0.05) is 17.7 Å². The van der Waals surface area contributed by atoms with Gasteiger partial charge >= 0.3 is 0 Å². The molecule has 1 amide bonds. The van der Waals surface area contributed by atoms with E-state index in [9.17, 15) is 9.59 Å². The van der Waals surface area contributed by atoms with Crippen LogP contribution >= 0.6 is 11.6 Å². The first kappa shape index (κ1) is 15.2. The Bertz CT molecular complexity index is 950. The first-order valence-electron chi connectivity index (χ1n) is 7.05. The van der Waals surface area contributed by atoms with E-state index in [1.165, 1.54) is 6.07 Å². The Balaban J connectivity index is 1.90. The summed E-state index contributed by atoms with van der Waals surface area (Å²) < 4.78 is 1.71. The molecule has 5 nitrogen and oxygen atoms in total. The number of rotatable bonds is 3. The number of aryl methyl sites for hydroxylation is 1. The standard InChI is InChI=1S/C17H14ClN3O2/c1-11-3-2-7-19-17(11)20-16(23)10-21-8-6-15(22)13-9-12(18)4-5-14(13)21/h2-9H,10H2,1H3,(H,19,20,23). The lowest BCUT2D eigenvalue weighted by molar-refractivity contribution is -0.116. The second-order valence-corrected chi connectivity index (χ2v) is 5.62. The number of fused-ring (bicyclic) bond motifs is 1. The van der Waals surface area contributed by atoms with Gasteiger partial charge in [-0.15, -0.1) is 0 Å². The molecule has 3 rings (SSSR count). The van der Waals surface area contributed by atoms with Crippen molar-refractivity contribution in [3.8, 4) is 0 Å². The average Bonchev–Trinajstić information content (AvgIpc) is 2.52. The number of aromatic nitrogens is 2. The van der Waals surface area contributed by atoms with Gasteiger partial charge in [-0.3, -0.25) is 9.59 Å². The van der Waals surface area contributed by atoms with Gasteiger partial charge in [-0.25, -0.2) is 4.98 Å². The largest absolute Gasteiger partial charge is 0.338 e. The summed E-state index contributed by atoms with van der Waals surface area (Å²) in [6.07, 6.45) is 3.23. The van der Waals surface area contributed by atoms with Crippen LogP contribution in [0.15, 0.2) is 53.6 Å². The molecule has 2 heterocycles. The predicted molar refractivity (Wildman–Crippen MR) is 90.8 cm³/mol. The monoisotopic (exact) mass is 327 g/mol. The summed E-state index contributed by atoms with van der Waals surface area (Å²) in [5.74, 6) is 0.317. The van der Waals surface area contributed by atoms with Gasteiger partial charge in [0, 0.05) is 28.9 Å². The Kier molecular flexibility index (Phi) is 4.12. The van der Waals surface area contributed by atoms with Gasteiger partial charge in [0.25, 0.3) is 0 Å². The topological polar surface area (TPSA) is 64.0 Å². The van der Waals surface area contributed by atoms with Gasteiger partial charge < -0.3 is 9.88 Å². The SMILES string of the molecule is Cc1cccnc1NC(=O)Cn1ccc(=O)c2cc(Cl)ccc21. The molecule has 116 valence electrons. The molecule has 0 unspecified atom stereocenters. The molecule has 0 aliphatic heterocycles. The Morgan fingerprint density at radius 3 is 2.91 bits per heavy atom. The van der Waals surface area contributed by atoms with Crippen LogP contribution in [-0.4, -0.2) is 15.5 Å². The van der Waals surface area contributed by atoms with Gasteiger partial charge in [0.1, 0.15) is 12.4 Å². The lowest BCUT2D eigenvalue weighted by atomic mass is 10.2. The van der Waals surface area contributed by atoms with Gasteiger partial charge in [0.05, 0.1) is 5.52 Å². The van der Waals surface area contributed by atoms with Crippen molar-refractivity contribution < 1.29 is 4.79 Å². The van der Waals surface area contributed by atoms with Crippen molar-refractivity contribution >= 4 is 34.2 Å². The van der Waals surface area contributed by atoms with Crippen LogP contribution in [0.25, 0.3) is 10.9 Å². The summed E-state index contributed by atoms with van der Waals surface area (Å²) in [6.45, 7) is 1.95. The molecule has 1 N–H and O–H groups in total. The van der Waals surface area contributed by atoms with Crippen LogP contribution in [0.3, 0.4) is 0 Å². The van der Waals surface area contributed by atoms with E-state index >= 15 is 0 Å². The van der Waals surface area contributed by atoms with Crippen molar-refractivity contribution in [3.05, 3.63) is 69.6 Å². The van der Waals surface area contributed by atoms with Crippen molar-refractivity contribution in [2.75, 3.05) is 5.32 Å². The molecule has 0 fully saturated rings. The molecule has 0 radical (unpaired) electrons. The van der Waals surface area contributed by atoms with E-state index < -0.39 is 0 Å². The molecule has 0 aliphatic rings. The zero-order valence-electron chi connectivity index (χ0n) is 12.4. The third-order valence-corrected chi connectivity index (χ3v) is 3.76. The molecule has 0 bridgehead atoms. The molecule has 23 heavy (non-hydrogen) atoms. The summed E-state index contributed by atoms with van der Waals surface area (Å²) in [7, 11) is 0. The first-order valence-corrected chi connectivity index (χ1v) is 7.42. The molecular formula is C17H14ClN3O2. The number of hydrogen-bond donors (Lipinski definition) is 1. The van der Waals surface area contributed by atoms with Crippen molar-refractivity contribution in [3.63, 3.8) is 0 Å². The molecule has 1 aromatic carbocycles. The first-order chi connectivity index (χ1) is 11.0. The summed E-state index contributed by atoms with van der Waals surface area (Å²) in [5.41, 5.74) is 1.42. The molecule has 0 spiro atoms. The number of benzene rings is 1. The van der Waals surface area contributed by atoms with Crippen LogP contribution in [0.5, 0.6) is 0 Å². The highest BCUT2D eigenvalue weighted by Gasteiger charge is 2.09. The van der Waals surface area contributed by atoms with Gasteiger partial charge in [-0.05, 0) is 36.8 Å². The summed E-state index contributed by atoms with van der Waals surface area (Å²) in [4.78, 5) is 28.3. The molecule has 3 aromatic rings. The molecular weight excluding hydrogens is 314 g/mol. The average molecular weight is 328 g/mol. The Morgan fingerprint density at radius 2 is 2.13 bits per heavy atom. The predicted octanol–water partition coefficient (Wildman–Crippen LogP) is 3.00. The molecule has 6 heteroatoms. The zero-order valence-corrected chi connectivity index (χ0v) is 13.2. The van der Waals surface area contributed by atoms with Crippen molar-refractivity contribution in [1.29, 1.82) is 0 Å². The minimum Gasteiger partial charge on any atom is -0.338 e. The fourth-order valence-corrected chi connectivity index (χ4v) is 2.54. The molecule has 0 saturated heterocycles. The highest BCUT2D eigenvalue weighted by Crippen LogP contribution is 2.17. The molecule has 0 atom stereocenters. The maximum Gasteiger partial charge on any atom is 0.245 e. The van der Waals surface area contributed by atoms with Crippen molar-refractivity contribution in [2.45, 2.75) is 13.5 Å². The smallest absolute Gasteiger partial charge is 0.245 e. The maximum atomic E-state index is 12.3. The summed E-state index contributed by atoms with van der Waals surface area (Å²) in [5, 5.41) is 3.75. The van der Waals surface area contributed by atoms with Crippen LogP contribution in [0.2, 0.25) is 5.02 Å². The third-order valence-electron chi connectivity index (χ3n) is 3.52. The second-order valence-electron chi connectivity index (χ2n) is 5.19. The number of halogens is 1. The number of amides is 1. The van der Waals surface area contributed by atoms with Gasteiger partial charge in [0.15, 0.2) is 5.43 Å². The molecule has 2 aromatic heterocycles. The van der Waals surface area contributed by atoms with Crippen LogP contribution in [0.4, 0.5) is 5.82 Å². The number of carbonyl (C=O) groups is 1.